The molecule has 3 aromatic rings. The molecule has 0 aliphatic heterocycles. The Labute approximate surface area is 125 Å². The standard InChI is InChI=1S/C12H6F2IN3S/c13-7-5-6(15)1-2-8(7)16-9-3-4-10-12(11(9)14)17-18-19-10/h1-5,16H. The molecule has 3 rings (SSSR count). The summed E-state index contributed by atoms with van der Waals surface area (Å²) < 4.78 is 32.9. The zero-order chi connectivity index (χ0) is 13.4. The second-order valence-corrected chi connectivity index (χ2v) is 5.83. The topological polar surface area (TPSA) is 37.8 Å². The van der Waals surface area contributed by atoms with Gasteiger partial charge in [0.05, 0.1) is 16.1 Å². The normalized spacial score (nSPS) is 10.9. The molecule has 0 amide bonds. The van der Waals surface area contributed by atoms with Crippen molar-refractivity contribution in [1.29, 1.82) is 0 Å². The van der Waals surface area contributed by atoms with E-state index in [4.69, 9.17) is 0 Å². The quantitative estimate of drug-likeness (QED) is 0.664. The predicted molar refractivity (Wildman–Crippen MR) is 79.8 cm³/mol. The van der Waals surface area contributed by atoms with Crippen LogP contribution in [0.1, 0.15) is 0 Å². The Hall–Kier alpha value is -1.35. The molecule has 7 heteroatoms. The van der Waals surface area contributed by atoms with Crippen molar-refractivity contribution in [2.24, 2.45) is 0 Å². The second-order valence-electron chi connectivity index (χ2n) is 3.80. The van der Waals surface area contributed by atoms with Gasteiger partial charge < -0.3 is 5.32 Å². The van der Waals surface area contributed by atoms with E-state index in [-0.39, 0.29) is 16.9 Å². The smallest absolute Gasteiger partial charge is 0.175 e. The fraction of sp³-hybridized carbons (Fsp3) is 0. The van der Waals surface area contributed by atoms with E-state index in [1.54, 1.807) is 24.3 Å². The van der Waals surface area contributed by atoms with Crippen LogP contribution < -0.4 is 5.32 Å². The minimum Gasteiger partial charge on any atom is -0.351 e. The minimum absolute atomic E-state index is 0.181. The maximum Gasteiger partial charge on any atom is 0.175 e. The first-order valence-electron chi connectivity index (χ1n) is 5.28. The summed E-state index contributed by atoms with van der Waals surface area (Å²) in [5, 5.41) is 6.45. The van der Waals surface area contributed by atoms with E-state index < -0.39 is 11.6 Å². The van der Waals surface area contributed by atoms with Gasteiger partial charge in [-0.2, -0.15) is 0 Å². The van der Waals surface area contributed by atoms with Gasteiger partial charge in [-0.3, -0.25) is 0 Å². The molecule has 0 aliphatic carbocycles. The molecule has 1 N–H and O–H groups in total. The molecule has 2 aromatic carbocycles. The molecule has 0 fully saturated rings. The average Bonchev–Trinajstić information content (AvgIpc) is 2.85. The Kier molecular flexibility index (Phi) is 3.31. The summed E-state index contributed by atoms with van der Waals surface area (Å²) in [6, 6.07) is 7.95. The lowest BCUT2D eigenvalue weighted by Gasteiger charge is -2.08. The fourth-order valence-electron chi connectivity index (χ4n) is 1.65. The van der Waals surface area contributed by atoms with E-state index in [1.165, 1.54) is 6.07 Å². The number of benzene rings is 2. The Morgan fingerprint density at radius 2 is 1.89 bits per heavy atom. The van der Waals surface area contributed by atoms with Crippen molar-refractivity contribution in [1.82, 2.24) is 9.59 Å². The highest BCUT2D eigenvalue weighted by molar-refractivity contribution is 14.1. The van der Waals surface area contributed by atoms with Crippen molar-refractivity contribution in [2.75, 3.05) is 5.32 Å². The third kappa shape index (κ3) is 2.39. The van der Waals surface area contributed by atoms with Gasteiger partial charge in [-0.15, -0.1) is 5.10 Å². The van der Waals surface area contributed by atoms with Crippen LogP contribution in [0.25, 0.3) is 10.2 Å². The van der Waals surface area contributed by atoms with Crippen LogP contribution in [0.3, 0.4) is 0 Å². The fourth-order valence-corrected chi connectivity index (χ4v) is 2.66. The van der Waals surface area contributed by atoms with Crippen molar-refractivity contribution in [3.63, 3.8) is 0 Å². The predicted octanol–water partition coefficient (Wildman–Crippen LogP) is 4.32. The number of nitrogens with zero attached hydrogens (tertiary/aromatic N) is 2. The maximum atomic E-state index is 14.1. The Morgan fingerprint density at radius 3 is 2.68 bits per heavy atom. The summed E-state index contributed by atoms with van der Waals surface area (Å²) in [6.45, 7) is 0. The van der Waals surface area contributed by atoms with E-state index in [9.17, 15) is 8.78 Å². The van der Waals surface area contributed by atoms with E-state index in [0.29, 0.717) is 4.70 Å². The number of anilines is 2. The summed E-state index contributed by atoms with van der Waals surface area (Å²) in [5.41, 5.74) is 0.600. The van der Waals surface area contributed by atoms with Gasteiger partial charge in [0.15, 0.2) is 5.82 Å². The van der Waals surface area contributed by atoms with Crippen LogP contribution in [0, 0.1) is 15.2 Å². The van der Waals surface area contributed by atoms with Crippen LogP contribution in [0.2, 0.25) is 0 Å². The number of halogens is 3. The van der Waals surface area contributed by atoms with Crippen molar-refractivity contribution in [2.45, 2.75) is 0 Å². The van der Waals surface area contributed by atoms with E-state index in [1.807, 2.05) is 22.6 Å². The number of fused-ring (bicyclic) bond motifs is 1. The second kappa shape index (κ2) is 4.97. The minimum atomic E-state index is -0.524. The summed E-state index contributed by atoms with van der Waals surface area (Å²) in [6.07, 6.45) is 0. The van der Waals surface area contributed by atoms with Crippen LogP contribution >= 0.6 is 34.1 Å². The largest absolute Gasteiger partial charge is 0.351 e. The lowest BCUT2D eigenvalue weighted by molar-refractivity contribution is 0.628. The molecule has 0 saturated carbocycles. The van der Waals surface area contributed by atoms with Crippen LogP contribution in [-0.4, -0.2) is 9.59 Å². The van der Waals surface area contributed by atoms with Crippen molar-refractivity contribution in [3.05, 3.63) is 45.5 Å². The number of hydrogen-bond acceptors (Lipinski definition) is 4. The van der Waals surface area contributed by atoms with Crippen LogP contribution in [0.15, 0.2) is 30.3 Å². The van der Waals surface area contributed by atoms with Crippen molar-refractivity contribution < 1.29 is 8.78 Å². The van der Waals surface area contributed by atoms with E-state index in [2.05, 4.69) is 14.9 Å². The molecule has 0 unspecified atom stereocenters. The van der Waals surface area contributed by atoms with Gasteiger partial charge in [0.1, 0.15) is 11.3 Å². The number of nitrogens with one attached hydrogen (secondary N) is 1. The summed E-state index contributed by atoms with van der Waals surface area (Å²) in [4.78, 5) is 0. The SMILES string of the molecule is Fc1cc(I)ccc1Nc1ccc2snnc2c1F. The molecule has 0 bridgehead atoms. The van der Waals surface area contributed by atoms with Gasteiger partial charge in [-0.1, -0.05) is 4.49 Å². The molecule has 1 aromatic heterocycles. The summed E-state index contributed by atoms with van der Waals surface area (Å²) >= 11 is 3.13. The molecule has 1 heterocycles. The summed E-state index contributed by atoms with van der Waals surface area (Å²) in [7, 11) is 0. The van der Waals surface area contributed by atoms with E-state index >= 15 is 0 Å². The summed E-state index contributed by atoms with van der Waals surface area (Å²) in [5.74, 6) is -0.952. The van der Waals surface area contributed by atoms with Crippen LogP contribution in [0.5, 0.6) is 0 Å². The van der Waals surface area contributed by atoms with Crippen LogP contribution in [-0.2, 0) is 0 Å². The highest BCUT2D eigenvalue weighted by atomic mass is 127. The zero-order valence-corrected chi connectivity index (χ0v) is 12.3. The Morgan fingerprint density at radius 1 is 1.11 bits per heavy atom. The first-order chi connectivity index (χ1) is 9.15. The van der Waals surface area contributed by atoms with Gasteiger partial charge in [-0.05, 0) is 64.5 Å². The van der Waals surface area contributed by atoms with Gasteiger partial charge in [-0.25, -0.2) is 8.78 Å². The van der Waals surface area contributed by atoms with Crippen LogP contribution in [0.4, 0.5) is 20.2 Å². The van der Waals surface area contributed by atoms with Gasteiger partial charge in [0.25, 0.3) is 0 Å². The highest BCUT2D eigenvalue weighted by Crippen LogP contribution is 2.28. The Balaban J connectivity index is 2.03. The first-order valence-corrected chi connectivity index (χ1v) is 7.13. The molecule has 0 aliphatic rings. The third-order valence-corrected chi connectivity index (χ3v) is 3.92. The third-order valence-electron chi connectivity index (χ3n) is 2.56. The monoisotopic (exact) mass is 389 g/mol. The van der Waals surface area contributed by atoms with E-state index in [0.717, 1.165) is 15.1 Å². The van der Waals surface area contributed by atoms with Gasteiger partial charge in [0.2, 0.25) is 0 Å². The molecule has 0 saturated heterocycles. The lowest BCUT2D eigenvalue weighted by atomic mass is 10.2. The molecular formula is C12H6F2IN3S. The van der Waals surface area contributed by atoms with Crippen molar-refractivity contribution >= 4 is 55.7 Å². The number of aromatic nitrogens is 2. The molecule has 3 nitrogen and oxygen atoms in total. The molecular weight excluding hydrogens is 383 g/mol. The lowest BCUT2D eigenvalue weighted by Crippen LogP contribution is -1.97. The maximum absolute atomic E-state index is 14.1. The average molecular weight is 389 g/mol. The van der Waals surface area contributed by atoms with Gasteiger partial charge in [0, 0.05) is 3.57 Å². The first kappa shape index (κ1) is 12.7. The van der Waals surface area contributed by atoms with Gasteiger partial charge >= 0.3 is 0 Å². The molecule has 0 atom stereocenters. The molecule has 0 radical (unpaired) electrons. The molecule has 19 heavy (non-hydrogen) atoms. The molecule has 96 valence electrons. The number of rotatable bonds is 2. The van der Waals surface area contributed by atoms with Crippen molar-refractivity contribution in [3.8, 4) is 0 Å². The molecule has 0 spiro atoms. The Bertz CT molecular complexity index is 760. The zero-order valence-electron chi connectivity index (χ0n) is 9.32. The number of hydrogen-bond donors (Lipinski definition) is 1. The highest BCUT2D eigenvalue weighted by Gasteiger charge is 2.12.